The van der Waals surface area contributed by atoms with E-state index < -0.39 is 6.10 Å². The van der Waals surface area contributed by atoms with Gasteiger partial charge in [0.1, 0.15) is 18.5 Å². The first-order valence-electron chi connectivity index (χ1n) is 7.93. The summed E-state index contributed by atoms with van der Waals surface area (Å²) in [6.07, 6.45) is -0.662. The first kappa shape index (κ1) is 18.6. The van der Waals surface area contributed by atoms with Crippen LogP contribution in [0.15, 0.2) is 48.5 Å². The highest BCUT2D eigenvalue weighted by Gasteiger charge is 2.08. The summed E-state index contributed by atoms with van der Waals surface area (Å²) in [6.45, 7) is 1.34. The van der Waals surface area contributed by atoms with E-state index in [1.54, 1.807) is 0 Å². The molecule has 2 rings (SSSR count). The fraction of sp³-hybridized carbons (Fsp3) is 0.278. The van der Waals surface area contributed by atoms with E-state index in [4.69, 9.17) is 4.74 Å². The van der Waals surface area contributed by atoms with Crippen LogP contribution in [0, 0.1) is 0 Å². The minimum absolute atomic E-state index is 0.177. The monoisotopic (exact) mass is 346 g/mol. The van der Waals surface area contributed by atoms with Crippen LogP contribution in [0.3, 0.4) is 0 Å². The molecule has 2 aromatic rings. The SMILES string of the molecule is O=C(NCCNCC(O)COc1ccccc1)c1ccc(O)c(O)c1. The van der Waals surface area contributed by atoms with Gasteiger partial charge in [-0.1, -0.05) is 18.2 Å². The molecule has 0 spiro atoms. The number of aliphatic hydroxyl groups is 1. The van der Waals surface area contributed by atoms with Gasteiger partial charge in [-0.2, -0.15) is 0 Å². The third kappa shape index (κ3) is 6.33. The highest BCUT2D eigenvalue weighted by atomic mass is 16.5. The summed E-state index contributed by atoms with van der Waals surface area (Å²) >= 11 is 0. The Kier molecular flexibility index (Phi) is 7.06. The number of phenolic OH excluding ortho intramolecular Hbond substituents is 2. The smallest absolute Gasteiger partial charge is 0.251 e. The van der Waals surface area contributed by atoms with Crippen molar-refractivity contribution in [1.82, 2.24) is 10.6 Å². The first-order valence-corrected chi connectivity index (χ1v) is 7.93. The maximum absolute atomic E-state index is 11.9. The Morgan fingerprint density at radius 3 is 2.52 bits per heavy atom. The lowest BCUT2D eigenvalue weighted by Gasteiger charge is -2.13. The van der Waals surface area contributed by atoms with Crippen LogP contribution in [0.25, 0.3) is 0 Å². The van der Waals surface area contributed by atoms with Crippen LogP contribution in [0.5, 0.6) is 17.2 Å². The number of amides is 1. The lowest BCUT2D eigenvalue weighted by atomic mass is 10.2. The molecule has 0 aliphatic heterocycles. The third-order valence-corrected chi connectivity index (χ3v) is 3.39. The van der Waals surface area contributed by atoms with Crippen molar-refractivity contribution in [3.05, 3.63) is 54.1 Å². The lowest BCUT2D eigenvalue weighted by molar-refractivity contribution is 0.0949. The topological polar surface area (TPSA) is 111 Å². The molecule has 25 heavy (non-hydrogen) atoms. The summed E-state index contributed by atoms with van der Waals surface area (Å²) in [5.74, 6) is -0.270. The van der Waals surface area contributed by atoms with E-state index in [0.717, 1.165) is 0 Å². The summed E-state index contributed by atoms with van der Waals surface area (Å²) in [5, 5.41) is 34.1. The van der Waals surface area contributed by atoms with Gasteiger partial charge in [-0.15, -0.1) is 0 Å². The van der Waals surface area contributed by atoms with Gasteiger partial charge in [0.2, 0.25) is 0 Å². The molecule has 0 aromatic heterocycles. The van der Waals surface area contributed by atoms with Crippen LogP contribution in [-0.2, 0) is 0 Å². The van der Waals surface area contributed by atoms with Gasteiger partial charge in [-0.05, 0) is 30.3 Å². The molecule has 5 N–H and O–H groups in total. The molecule has 7 heteroatoms. The van der Waals surface area contributed by atoms with Crippen molar-refractivity contribution in [3.8, 4) is 17.2 Å². The Morgan fingerprint density at radius 2 is 1.80 bits per heavy atom. The number of hydrogen-bond donors (Lipinski definition) is 5. The lowest BCUT2D eigenvalue weighted by Crippen LogP contribution is -2.37. The highest BCUT2D eigenvalue weighted by molar-refractivity contribution is 5.94. The number of nitrogens with one attached hydrogen (secondary N) is 2. The van der Waals surface area contributed by atoms with Gasteiger partial charge in [-0.3, -0.25) is 4.79 Å². The molecule has 0 saturated heterocycles. The molecule has 1 atom stereocenters. The highest BCUT2D eigenvalue weighted by Crippen LogP contribution is 2.24. The quantitative estimate of drug-likeness (QED) is 0.340. The molecule has 134 valence electrons. The molecule has 0 fully saturated rings. The Hall–Kier alpha value is -2.77. The van der Waals surface area contributed by atoms with Crippen LogP contribution in [0.1, 0.15) is 10.4 Å². The van der Waals surface area contributed by atoms with Gasteiger partial charge in [0.15, 0.2) is 11.5 Å². The number of carbonyl (C=O) groups is 1. The Balaban J connectivity index is 1.59. The van der Waals surface area contributed by atoms with Crippen LogP contribution in [-0.4, -0.2) is 53.6 Å². The minimum Gasteiger partial charge on any atom is -0.504 e. The van der Waals surface area contributed by atoms with Crippen LogP contribution in [0.4, 0.5) is 0 Å². The number of para-hydroxylation sites is 1. The number of rotatable bonds is 9. The minimum atomic E-state index is -0.662. The molecule has 0 saturated carbocycles. The fourth-order valence-electron chi connectivity index (χ4n) is 2.07. The molecular weight excluding hydrogens is 324 g/mol. The standard InChI is InChI=1S/C18H22N2O5/c21-14(12-25-15-4-2-1-3-5-15)11-19-8-9-20-18(24)13-6-7-16(22)17(23)10-13/h1-7,10,14,19,21-23H,8-9,11-12H2,(H,20,24). The van der Waals surface area contributed by atoms with Gasteiger partial charge >= 0.3 is 0 Å². The zero-order valence-electron chi connectivity index (χ0n) is 13.7. The fourth-order valence-corrected chi connectivity index (χ4v) is 2.07. The predicted octanol–water partition coefficient (Wildman–Crippen LogP) is 0.857. The van der Waals surface area contributed by atoms with Crippen LogP contribution in [0.2, 0.25) is 0 Å². The summed E-state index contributed by atoms with van der Waals surface area (Å²) < 4.78 is 5.44. The summed E-state index contributed by atoms with van der Waals surface area (Å²) in [7, 11) is 0. The number of benzene rings is 2. The summed E-state index contributed by atoms with van der Waals surface area (Å²) in [6, 6.07) is 13.1. The average Bonchev–Trinajstić information content (AvgIpc) is 2.62. The zero-order chi connectivity index (χ0) is 18.1. The van der Waals surface area contributed by atoms with E-state index in [0.29, 0.717) is 25.4 Å². The Labute approximate surface area is 145 Å². The zero-order valence-corrected chi connectivity index (χ0v) is 13.7. The molecule has 0 aliphatic carbocycles. The number of ether oxygens (including phenoxy) is 1. The van der Waals surface area contributed by atoms with Crippen LogP contribution >= 0.6 is 0 Å². The third-order valence-electron chi connectivity index (χ3n) is 3.39. The van der Waals surface area contributed by atoms with Crippen molar-refractivity contribution in [1.29, 1.82) is 0 Å². The van der Waals surface area contributed by atoms with Crippen LogP contribution < -0.4 is 15.4 Å². The van der Waals surface area contributed by atoms with Crippen molar-refractivity contribution in [3.63, 3.8) is 0 Å². The normalized spacial score (nSPS) is 11.7. The van der Waals surface area contributed by atoms with E-state index in [9.17, 15) is 20.1 Å². The van der Waals surface area contributed by atoms with Crippen molar-refractivity contribution in [2.24, 2.45) is 0 Å². The van der Waals surface area contributed by atoms with Crippen molar-refractivity contribution in [2.45, 2.75) is 6.10 Å². The molecule has 0 radical (unpaired) electrons. The van der Waals surface area contributed by atoms with Crippen molar-refractivity contribution >= 4 is 5.91 Å². The number of aromatic hydroxyl groups is 2. The van der Waals surface area contributed by atoms with Gasteiger partial charge in [-0.25, -0.2) is 0 Å². The molecule has 2 aromatic carbocycles. The largest absolute Gasteiger partial charge is 0.504 e. The maximum Gasteiger partial charge on any atom is 0.251 e. The predicted molar refractivity (Wildman–Crippen MR) is 92.9 cm³/mol. The number of phenols is 2. The molecule has 1 amide bonds. The van der Waals surface area contributed by atoms with Crippen molar-refractivity contribution < 1.29 is 24.9 Å². The molecule has 0 bridgehead atoms. The molecule has 0 heterocycles. The van der Waals surface area contributed by atoms with Gasteiger partial charge in [0, 0.05) is 25.2 Å². The Bertz CT molecular complexity index is 678. The number of hydrogen-bond acceptors (Lipinski definition) is 6. The van der Waals surface area contributed by atoms with E-state index in [-0.39, 0.29) is 29.6 Å². The second-order valence-corrected chi connectivity index (χ2v) is 5.44. The van der Waals surface area contributed by atoms with E-state index in [2.05, 4.69) is 10.6 Å². The molecule has 7 nitrogen and oxygen atoms in total. The molecule has 0 aliphatic rings. The molecular formula is C18H22N2O5. The van der Waals surface area contributed by atoms with E-state index in [1.807, 2.05) is 30.3 Å². The van der Waals surface area contributed by atoms with E-state index >= 15 is 0 Å². The van der Waals surface area contributed by atoms with Crippen molar-refractivity contribution in [2.75, 3.05) is 26.2 Å². The molecule has 1 unspecified atom stereocenters. The van der Waals surface area contributed by atoms with Gasteiger partial charge in [0.05, 0.1) is 0 Å². The number of aliphatic hydroxyl groups excluding tert-OH is 1. The van der Waals surface area contributed by atoms with E-state index in [1.165, 1.54) is 18.2 Å². The van der Waals surface area contributed by atoms with Gasteiger partial charge < -0.3 is 30.7 Å². The second kappa shape index (κ2) is 9.51. The summed E-state index contributed by atoms with van der Waals surface area (Å²) in [5.41, 5.74) is 0.256. The first-order chi connectivity index (χ1) is 12.1. The second-order valence-electron chi connectivity index (χ2n) is 5.44. The summed E-state index contributed by atoms with van der Waals surface area (Å²) in [4.78, 5) is 11.9. The maximum atomic E-state index is 11.9. The van der Waals surface area contributed by atoms with Gasteiger partial charge in [0.25, 0.3) is 5.91 Å². The Morgan fingerprint density at radius 1 is 1.04 bits per heavy atom. The average molecular weight is 346 g/mol. The number of carbonyl (C=O) groups excluding carboxylic acids is 1.